The van der Waals surface area contributed by atoms with Gasteiger partial charge in [-0.2, -0.15) is 5.10 Å². The van der Waals surface area contributed by atoms with Gasteiger partial charge in [-0.3, -0.25) is 9.48 Å². The number of amides is 1. The fourth-order valence-corrected chi connectivity index (χ4v) is 2.68. The molecule has 19 heavy (non-hydrogen) atoms. The van der Waals surface area contributed by atoms with E-state index in [1.54, 1.807) is 10.9 Å². The van der Waals surface area contributed by atoms with E-state index in [-0.39, 0.29) is 11.5 Å². The maximum Gasteiger partial charge on any atom is 0.244 e. The number of aromatic nitrogens is 2. The molecule has 6 heteroatoms. The number of carbonyl (C=O) groups excluding carboxylic acids is 1. The highest BCUT2D eigenvalue weighted by molar-refractivity contribution is 5.76. The van der Waals surface area contributed by atoms with Gasteiger partial charge in [0, 0.05) is 25.8 Å². The molecule has 3 rings (SSSR count). The van der Waals surface area contributed by atoms with Crippen molar-refractivity contribution in [3.8, 4) is 0 Å². The highest BCUT2D eigenvalue weighted by Gasteiger charge is 2.41. The number of carbonyl (C=O) groups is 1. The van der Waals surface area contributed by atoms with Gasteiger partial charge in [-0.1, -0.05) is 0 Å². The molecule has 3 heterocycles. The Balaban J connectivity index is 1.63. The normalized spacial score (nSPS) is 27.1. The lowest BCUT2D eigenvalue weighted by atomic mass is 10.0. The van der Waals surface area contributed by atoms with E-state index < -0.39 is 0 Å². The van der Waals surface area contributed by atoms with Crippen LogP contribution in [0, 0.1) is 6.92 Å². The molecular formula is C13H19N3O3. The summed E-state index contributed by atoms with van der Waals surface area (Å²) in [4.78, 5) is 14.2. The Bertz CT molecular complexity index is 465. The first-order chi connectivity index (χ1) is 9.17. The Labute approximate surface area is 112 Å². The summed E-state index contributed by atoms with van der Waals surface area (Å²) in [5.74, 6) is 0.0951. The van der Waals surface area contributed by atoms with Crippen molar-refractivity contribution in [2.45, 2.75) is 25.5 Å². The fraction of sp³-hybridized carbons (Fsp3) is 0.692. The van der Waals surface area contributed by atoms with Gasteiger partial charge in [-0.25, -0.2) is 0 Å². The molecule has 0 N–H and O–H groups in total. The molecule has 6 nitrogen and oxygen atoms in total. The van der Waals surface area contributed by atoms with Crippen molar-refractivity contribution in [3.63, 3.8) is 0 Å². The smallest absolute Gasteiger partial charge is 0.244 e. The van der Waals surface area contributed by atoms with E-state index >= 15 is 0 Å². The average Bonchev–Trinajstić information content (AvgIpc) is 3.00. The first-order valence-electron chi connectivity index (χ1n) is 6.65. The lowest BCUT2D eigenvalue weighted by molar-refractivity contribution is -0.151. The minimum atomic E-state index is -0.270. The van der Waals surface area contributed by atoms with E-state index in [4.69, 9.17) is 9.47 Å². The quantitative estimate of drug-likeness (QED) is 0.767. The van der Waals surface area contributed by atoms with Gasteiger partial charge in [-0.05, 0) is 12.5 Å². The minimum absolute atomic E-state index is 0.0951. The van der Waals surface area contributed by atoms with E-state index in [1.165, 1.54) is 0 Å². The second-order valence-corrected chi connectivity index (χ2v) is 5.36. The number of hydrogen-bond donors (Lipinski definition) is 0. The van der Waals surface area contributed by atoms with Crippen LogP contribution >= 0.6 is 0 Å². The number of hydrogen-bond acceptors (Lipinski definition) is 4. The van der Waals surface area contributed by atoms with Crippen molar-refractivity contribution in [1.82, 2.24) is 14.7 Å². The summed E-state index contributed by atoms with van der Waals surface area (Å²) >= 11 is 0. The SMILES string of the molecule is Cc1cnn(CC(=O)N2CCOC3(CCOC3)C2)c1. The van der Waals surface area contributed by atoms with Crippen LogP contribution in [0.15, 0.2) is 12.4 Å². The zero-order chi connectivity index (χ0) is 13.3. The van der Waals surface area contributed by atoms with Gasteiger partial charge in [0.15, 0.2) is 0 Å². The van der Waals surface area contributed by atoms with E-state index in [9.17, 15) is 4.79 Å². The van der Waals surface area contributed by atoms with Crippen LogP contribution < -0.4 is 0 Å². The molecule has 2 aliphatic rings. The summed E-state index contributed by atoms with van der Waals surface area (Å²) in [7, 11) is 0. The predicted octanol–water partition coefficient (Wildman–Crippen LogP) is 0.209. The Morgan fingerprint density at radius 1 is 1.53 bits per heavy atom. The highest BCUT2D eigenvalue weighted by Crippen LogP contribution is 2.27. The van der Waals surface area contributed by atoms with Crippen LogP contribution in [0.2, 0.25) is 0 Å². The molecule has 104 valence electrons. The van der Waals surface area contributed by atoms with Crippen LogP contribution in [0.5, 0.6) is 0 Å². The molecule has 0 radical (unpaired) electrons. The van der Waals surface area contributed by atoms with Gasteiger partial charge in [0.2, 0.25) is 5.91 Å². The molecule has 2 fully saturated rings. The maximum absolute atomic E-state index is 12.3. The van der Waals surface area contributed by atoms with E-state index in [0.29, 0.717) is 32.8 Å². The van der Waals surface area contributed by atoms with Crippen LogP contribution in [0.1, 0.15) is 12.0 Å². The third kappa shape index (κ3) is 2.64. The zero-order valence-electron chi connectivity index (χ0n) is 11.2. The summed E-state index contributed by atoms with van der Waals surface area (Å²) in [5.41, 5.74) is 0.795. The summed E-state index contributed by atoms with van der Waals surface area (Å²) in [6, 6.07) is 0. The molecule has 1 aromatic rings. The Hall–Kier alpha value is -1.40. The number of ether oxygens (including phenoxy) is 2. The molecule has 1 atom stereocenters. The third-order valence-electron chi connectivity index (χ3n) is 3.73. The first-order valence-corrected chi connectivity index (χ1v) is 6.65. The van der Waals surface area contributed by atoms with Crippen molar-refractivity contribution >= 4 is 5.91 Å². The fourth-order valence-electron chi connectivity index (χ4n) is 2.68. The molecule has 2 aliphatic heterocycles. The van der Waals surface area contributed by atoms with Crippen LogP contribution in [0.4, 0.5) is 0 Å². The Morgan fingerprint density at radius 2 is 2.42 bits per heavy atom. The maximum atomic E-state index is 12.3. The molecule has 1 amide bonds. The van der Waals surface area contributed by atoms with Gasteiger partial charge in [0.25, 0.3) is 0 Å². The summed E-state index contributed by atoms with van der Waals surface area (Å²) < 4.78 is 12.9. The lowest BCUT2D eigenvalue weighted by Gasteiger charge is -2.39. The van der Waals surface area contributed by atoms with Crippen LogP contribution in [0.25, 0.3) is 0 Å². The minimum Gasteiger partial charge on any atom is -0.378 e. The topological polar surface area (TPSA) is 56.6 Å². The van der Waals surface area contributed by atoms with Crippen molar-refractivity contribution in [2.75, 3.05) is 32.9 Å². The zero-order valence-corrected chi connectivity index (χ0v) is 11.2. The molecule has 2 saturated heterocycles. The summed E-state index contributed by atoms with van der Waals surface area (Å²) in [6.07, 6.45) is 4.52. The van der Waals surface area contributed by atoms with Crippen molar-refractivity contribution in [2.24, 2.45) is 0 Å². The Kier molecular flexibility index (Phi) is 3.28. The average molecular weight is 265 g/mol. The second-order valence-electron chi connectivity index (χ2n) is 5.36. The van der Waals surface area contributed by atoms with Crippen LogP contribution in [-0.2, 0) is 20.8 Å². The van der Waals surface area contributed by atoms with Gasteiger partial charge in [-0.15, -0.1) is 0 Å². The summed E-state index contributed by atoms with van der Waals surface area (Å²) in [5, 5.41) is 4.15. The highest BCUT2D eigenvalue weighted by atomic mass is 16.6. The molecule has 1 aromatic heterocycles. The molecule has 0 aromatic carbocycles. The number of rotatable bonds is 2. The standard InChI is InChI=1S/C13H19N3O3/c1-11-6-14-16(7-11)8-12(17)15-3-5-19-13(9-15)2-4-18-10-13/h6-7H,2-5,8-10H2,1H3. The number of aryl methyl sites for hydroxylation is 1. The second kappa shape index (κ2) is 4.94. The van der Waals surface area contributed by atoms with E-state index in [1.807, 2.05) is 18.0 Å². The van der Waals surface area contributed by atoms with Crippen molar-refractivity contribution < 1.29 is 14.3 Å². The predicted molar refractivity (Wildman–Crippen MR) is 67.7 cm³/mol. The molecule has 0 aliphatic carbocycles. The number of nitrogens with zero attached hydrogens (tertiary/aromatic N) is 3. The van der Waals surface area contributed by atoms with E-state index in [2.05, 4.69) is 5.10 Å². The first kappa shape index (κ1) is 12.6. The van der Waals surface area contributed by atoms with Crippen molar-refractivity contribution in [3.05, 3.63) is 18.0 Å². The van der Waals surface area contributed by atoms with Gasteiger partial charge < -0.3 is 14.4 Å². The van der Waals surface area contributed by atoms with Crippen LogP contribution in [-0.4, -0.2) is 59.1 Å². The molecule has 0 bridgehead atoms. The monoisotopic (exact) mass is 265 g/mol. The Morgan fingerprint density at radius 3 is 3.11 bits per heavy atom. The van der Waals surface area contributed by atoms with E-state index in [0.717, 1.165) is 18.6 Å². The molecular weight excluding hydrogens is 246 g/mol. The largest absolute Gasteiger partial charge is 0.378 e. The molecule has 1 unspecified atom stereocenters. The van der Waals surface area contributed by atoms with Gasteiger partial charge in [0.05, 0.1) is 26.0 Å². The third-order valence-corrected chi connectivity index (χ3v) is 3.73. The van der Waals surface area contributed by atoms with Crippen LogP contribution in [0.3, 0.4) is 0 Å². The van der Waals surface area contributed by atoms with Crippen molar-refractivity contribution in [1.29, 1.82) is 0 Å². The molecule has 1 spiro atoms. The number of morpholine rings is 1. The molecule has 0 saturated carbocycles. The van der Waals surface area contributed by atoms with Gasteiger partial charge in [0.1, 0.15) is 12.1 Å². The van der Waals surface area contributed by atoms with Gasteiger partial charge >= 0.3 is 0 Å². The summed E-state index contributed by atoms with van der Waals surface area (Å²) in [6.45, 7) is 5.45. The lowest BCUT2D eigenvalue weighted by Crippen LogP contribution is -2.54.